The fourth-order valence-electron chi connectivity index (χ4n) is 5.03. The van der Waals surface area contributed by atoms with Crippen molar-refractivity contribution < 1.29 is 24.6 Å². The second-order valence-corrected chi connectivity index (χ2v) is 10.1. The lowest BCUT2D eigenvalue weighted by molar-refractivity contribution is -0.132. The number of amides is 1. The number of hydrogen-bond donors (Lipinski definition) is 2. The van der Waals surface area contributed by atoms with Gasteiger partial charge >= 0.3 is 11.9 Å². The van der Waals surface area contributed by atoms with Crippen molar-refractivity contribution in [3.05, 3.63) is 94.3 Å². The Morgan fingerprint density at radius 3 is 2.49 bits per heavy atom. The number of aliphatic hydroxyl groups is 1. The minimum atomic E-state index is -1.07. The zero-order valence-electron chi connectivity index (χ0n) is 19.5. The number of aliphatic hydroxyl groups excluding tert-OH is 1. The Morgan fingerprint density at radius 1 is 0.946 bits per heavy atom. The predicted molar refractivity (Wildman–Crippen MR) is 139 cm³/mol. The Balaban J connectivity index is 1.52. The number of anilines is 1. The molecule has 2 aliphatic rings. The summed E-state index contributed by atoms with van der Waals surface area (Å²) < 4.78 is 0.561. The number of aromatic carboxylic acids is 1. The van der Waals surface area contributed by atoms with Crippen LogP contribution in [0.4, 0.5) is 5.13 Å². The van der Waals surface area contributed by atoms with Crippen LogP contribution >= 0.6 is 11.3 Å². The van der Waals surface area contributed by atoms with Gasteiger partial charge in [0.25, 0.3) is 5.78 Å². The van der Waals surface area contributed by atoms with E-state index in [2.05, 4.69) is 9.97 Å². The molecule has 0 radical (unpaired) electrons. The van der Waals surface area contributed by atoms with Crippen molar-refractivity contribution in [2.75, 3.05) is 4.90 Å². The SMILES string of the molecule is O=C1C(=O)N(c2nc3ccc(C(=O)O)cc3s2)C(c2ccccn2)/C1=C(\O)c1ccc2c(c1)CCCC2. The van der Waals surface area contributed by atoms with Gasteiger partial charge in [0.15, 0.2) is 5.13 Å². The minimum Gasteiger partial charge on any atom is -0.507 e. The van der Waals surface area contributed by atoms with E-state index in [1.807, 2.05) is 12.1 Å². The van der Waals surface area contributed by atoms with Crippen LogP contribution < -0.4 is 4.90 Å². The molecule has 4 aromatic rings. The van der Waals surface area contributed by atoms with Crippen molar-refractivity contribution in [2.24, 2.45) is 0 Å². The highest BCUT2D eigenvalue weighted by Gasteiger charge is 2.48. The maximum Gasteiger partial charge on any atom is 0.335 e. The average Bonchev–Trinajstić information content (AvgIpc) is 3.46. The Morgan fingerprint density at radius 2 is 1.73 bits per heavy atom. The molecule has 1 atom stereocenters. The number of fused-ring (bicyclic) bond motifs is 2. The predicted octanol–water partition coefficient (Wildman–Crippen LogP) is 4.89. The largest absolute Gasteiger partial charge is 0.507 e. The summed E-state index contributed by atoms with van der Waals surface area (Å²) in [6, 6.07) is 14.3. The molecule has 37 heavy (non-hydrogen) atoms. The maximum absolute atomic E-state index is 13.4. The van der Waals surface area contributed by atoms with Crippen molar-refractivity contribution in [1.82, 2.24) is 9.97 Å². The summed E-state index contributed by atoms with van der Waals surface area (Å²) in [6.45, 7) is 0. The third-order valence-corrected chi connectivity index (χ3v) is 7.88. The van der Waals surface area contributed by atoms with Crippen LogP contribution in [-0.2, 0) is 22.4 Å². The topological polar surface area (TPSA) is 121 Å². The summed E-state index contributed by atoms with van der Waals surface area (Å²) in [4.78, 5) is 48.4. The monoisotopic (exact) mass is 511 g/mol. The third-order valence-electron chi connectivity index (χ3n) is 6.86. The molecule has 1 amide bonds. The standard InChI is InChI=1S/C28H21N3O5S/c32-24(17-9-8-15-5-1-2-6-16(15)13-17)22-23(20-7-3-4-12-29-20)31(26(34)25(22)33)28-30-19-11-10-18(27(35)36)14-21(19)37-28/h3-4,7-14,23,32H,1-2,5-6H2,(H,35,36)/b24-22+. The van der Waals surface area contributed by atoms with Gasteiger partial charge in [-0.3, -0.25) is 19.5 Å². The molecule has 2 N–H and O–H groups in total. The van der Waals surface area contributed by atoms with E-state index in [1.165, 1.54) is 22.6 Å². The van der Waals surface area contributed by atoms with E-state index in [0.717, 1.165) is 42.6 Å². The van der Waals surface area contributed by atoms with Crippen LogP contribution in [0.25, 0.3) is 16.0 Å². The molecule has 1 aliphatic carbocycles. The zero-order valence-corrected chi connectivity index (χ0v) is 20.4. The fraction of sp³-hybridized carbons (Fsp3) is 0.179. The Kier molecular flexibility index (Phi) is 5.57. The van der Waals surface area contributed by atoms with E-state index >= 15 is 0 Å². The van der Waals surface area contributed by atoms with Gasteiger partial charge in [-0.15, -0.1) is 0 Å². The number of carboxylic acid groups (broad SMARTS) is 1. The van der Waals surface area contributed by atoms with E-state index in [1.54, 1.807) is 36.5 Å². The number of rotatable bonds is 4. The number of carbonyl (C=O) groups is 3. The summed E-state index contributed by atoms with van der Waals surface area (Å²) in [5, 5.41) is 21.0. The molecule has 0 spiro atoms. The first-order chi connectivity index (χ1) is 17.9. The maximum atomic E-state index is 13.4. The van der Waals surface area contributed by atoms with Gasteiger partial charge in [0.2, 0.25) is 0 Å². The van der Waals surface area contributed by atoms with Gasteiger partial charge in [0.05, 0.1) is 27.0 Å². The van der Waals surface area contributed by atoms with E-state index in [4.69, 9.17) is 0 Å². The number of carbonyl (C=O) groups excluding carboxylic acids is 2. The van der Waals surface area contributed by atoms with Crippen LogP contribution in [0.1, 0.15) is 51.6 Å². The Bertz CT molecular complexity index is 1630. The molecule has 1 fully saturated rings. The molecule has 1 aliphatic heterocycles. The van der Waals surface area contributed by atoms with Gasteiger partial charge < -0.3 is 10.2 Å². The summed E-state index contributed by atoms with van der Waals surface area (Å²) in [5.41, 5.74) is 3.81. The summed E-state index contributed by atoms with van der Waals surface area (Å²) >= 11 is 1.10. The molecule has 3 heterocycles. The number of aryl methyl sites for hydroxylation is 2. The summed E-state index contributed by atoms with van der Waals surface area (Å²) in [7, 11) is 0. The molecule has 1 unspecified atom stereocenters. The summed E-state index contributed by atoms with van der Waals surface area (Å²) in [5.74, 6) is -2.97. The molecule has 0 bridgehead atoms. The van der Waals surface area contributed by atoms with Crippen LogP contribution in [0.5, 0.6) is 0 Å². The molecule has 8 nitrogen and oxygen atoms in total. The van der Waals surface area contributed by atoms with Crippen LogP contribution in [0.2, 0.25) is 0 Å². The number of thiazole rings is 1. The molecule has 9 heteroatoms. The molecular weight excluding hydrogens is 490 g/mol. The number of Topliss-reactive ketones (excluding diaryl/α,β-unsaturated/α-hetero) is 1. The van der Waals surface area contributed by atoms with Gasteiger partial charge in [-0.25, -0.2) is 9.78 Å². The number of ketones is 1. The first-order valence-electron chi connectivity index (χ1n) is 11.9. The lowest BCUT2D eigenvalue weighted by Crippen LogP contribution is -2.29. The first kappa shape index (κ1) is 23.1. The van der Waals surface area contributed by atoms with E-state index in [0.29, 0.717) is 21.5 Å². The van der Waals surface area contributed by atoms with Crippen LogP contribution in [0.15, 0.2) is 66.4 Å². The smallest absolute Gasteiger partial charge is 0.335 e. The molecule has 0 saturated carbocycles. The zero-order chi connectivity index (χ0) is 25.7. The van der Waals surface area contributed by atoms with Crippen molar-refractivity contribution in [2.45, 2.75) is 31.7 Å². The van der Waals surface area contributed by atoms with Gasteiger partial charge in [-0.2, -0.15) is 0 Å². The molecule has 1 saturated heterocycles. The second-order valence-electron chi connectivity index (χ2n) is 9.10. The van der Waals surface area contributed by atoms with Crippen molar-refractivity contribution >= 4 is 50.1 Å². The van der Waals surface area contributed by atoms with Gasteiger partial charge in [0, 0.05) is 11.8 Å². The Labute approximate surface area is 215 Å². The number of carboxylic acids is 1. The van der Waals surface area contributed by atoms with Crippen LogP contribution in [-0.4, -0.2) is 37.8 Å². The molecule has 6 rings (SSSR count). The van der Waals surface area contributed by atoms with Crippen molar-refractivity contribution in [3.8, 4) is 0 Å². The highest BCUT2D eigenvalue weighted by atomic mass is 32.1. The molecule has 2 aromatic heterocycles. The Hall–Kier alpha value is -4.37. The van der Waals surface area contributed by atoms with E-state index in [9.17, 15) is 24.6 Å². The normalized spacial score (nSPS) is 18.8. The number of hydrogen-bond acceptors (Lipinski definition) is 7. The highest BCUT2D eigenvalue weighted by molar-refractivity contribution is 7.22. The molecule has 2 aromatic carbocycles. The summed E-state index contributed by atoms with van der Waals surface area (Å²) in [6.07, 6.45) is 5.64. The number of aromatic nitrogens is 2. The lowest BCUT2D eigenvalue weighted by Gasteiger charge is -2.22. The van der Waals surface area contributed by atoms with Gasteiger partial charge in [0.1, 0.15) is 11.8 Å². The first-order valence-corrected chi connectivity index (χ1v) is 12.7. The van der Waals surface area contributed by atoms with Gasteiger partial charge in [-0.05, 0) is 73.2 Å². The number of benzene rings is 2. The number of nitrogens with zero attached hydrogens (tertiary/aromatic N) is 3. The second kappa shape index (κ2) is 8.94. The minimum absolute atomic E-state index is 0.0510. The van der Waals surface area contributed by atoms with E-state index < -0.39 is 23.7 Å². The lowest BCUT2D eigenvalue weighted by atomic mass is 9.89. The highest BCUT2D eigenvalue weighted by Crippen LogP contribution is 2.44. The number of pyridine rings is 1. The van der Waals surface area contributed by atoms with Crippen LogP contribution in [0, 0.1) is 0 Å². The average molecular weight is 512 g/mol. The van der Waals surface area contributed by atoms with Crippen LogP contribution in [0.3, 0.4) is 0 Å². The molecular formula is C28H21N3O5S. The molecule has 184 valence electrons. The van der Waals surface area contributed by atoms with Crippen molar-refractivity contribution in [1.29, 1.82) is 0 Å². The quantitative estimate of drug-likeness (QED) is 0.227. The third kappa shape index (κ3) is 3.88. The van der Waals surface area contributed by atoms with E-state index in [-0.39, 0.29) is 22.0 Å². The van der Waals surface area contributed by atoms with Gasteiger partial charge in [-0.1, -0.05) is 29.5 Å². The fourth-order valence-corrected chi connectivity index (χ4v) is 6.06. The van der Waals surface area contributed by atoms with Crippen molar-refractivity contribution in [3.63, 3.8) is 0 Å².